The number of nitrogens with one attached hydrogen (secondary N) is 2. The van der Waals surface area contributed by atoms with E-state index in [0.29, 0.717) is 29.2 Å². The van der Waals surface area contributed by atoms with Gasteiger partial charge in [0.25, 0.3) is 0 Å². The van der Waals surface area contributed by atoms with Crippen LogP contribution in [-0.2, 0) is 6.54 Å². The fraction of sp³-hybridized carbons (Fsp3) is 0.211. The van der Waals surface area contributed by atoms with E-state index in [-0.39, 0.29) is 18.9 Å². The number of guanidine groups is 1. The summed E-state index contributed by atoms with van der Waals surface area (Å²) in [6, 6.07) is 10.3. The first-order valence-corrected chi connectivity index (χ1v) is 9.04. The van der Waals surface area contributed by atoms with Gasteiger partial charge in [0.15, 0.2) is 17.5 Å². The topological polar surface area (TPSA) is 84.6 Å². The van der Waals surface area contributed by atoms with Crippen LogP contribution < -0.4 is 15.4 Å². The third-order valence-electron chi connectivity index (χ3n) is 3.73. The molecular formula is C19H18ClF2N5O2. The highest BCUT2D eigenvalue weighted by Crippen LogP contribution is 2.20. The van der Waals surface area contributed by atoms with E-state index in [1.807, 2.05) is 6.07 Å². The molecule has 0 bridgehead atoms. The van der Waals surface area contributed by atoms with Gasteiger partial charge in [-0.05, 0) is 24.3 Å². The van der Waals surface area contributed by atoms with Crippen molar-refractivity contribution >= 4 is 17.6 Å². The second-order valence-electron chi connectivity index (χ2n) is 5.80. The van der Waals surface area contributed by atoms with Crippen molar-refractivity contribution in [1.82, 2.24) is 20.8 Å². The van der Waals surface area contributed by atoms with Gasteiger partial charge in [-0.1, -0.05) is 28.9 Å². The predicted molar refractivity (Wildman–Crippen MR) is 105 cm³/mol. The average Bonchev–Trinajstić information content (AvgIpc) is 3.18. The summed E-state index contributed by atoms with van der Waals surface area (Å²) in [6.07, 6.45) is 0. The van der Waals surface area contributed by atoms with Crippen LogP contribution in [0.1, 0.15) is 5.89 Å². The average molecular weight is 422 g/mol. The first-order valence-electron chi connectivity index (χ1n) is 8.66. The molecule has 3 rings (SSSR count). The molecule has 0 aliphatic rings. The highest BCUT2D eigenvalue weighted by Gasteiger charge is 2.10. The maximum atomic E-state index is 13.5. The summed E-state index contributed by atoms with van der Waals surface area (Å²) in [5.74, 6) is -0.155. The largest absolute Gasteiger partial charge is 0.489 e. The number of ether oxygens (including phenoxy) is 1. The Labute approximate surface area is 170 Å². The molecule has 0 spiro atoms. The van der Waals surface area contributed by atoms with Gasteiger partial charge < -0.3 is 19.9 Å². The molecular weight excluding hydrogens is 404 g/mol. The Bertz CT molecular complexity index is 996. The SMILES string of the molecule is CN=C(NCCOc1ccc(F)cc1F)NCc1nc(-c2cccc(Cl)c2)no1. The highest BCUT2D eigenvalue weighted by molar-refractivity contribution is 6.30. The van der Waals surface area contributed by atoms with E-state index in [1.54, 1.807) is 25.2 Å². The van der Waals surface area contributed by atoms with Crippen molar-refractivity contribution in [3.05, 3.63) is 65.0 Å². The standard InChI is InChI=1S/C19H18ClF2N5O2/c1-23-19(24-7-8-28-16-6-5-14(21)10-15(16)22)25-11-17-26-18(27-29-17)12-3-2-4-13(20)9-12/h2-6,9-10H,7-8,11H2,1H3,(H2,23,24,25). The van der Waals surface area contributed by atoms with Gasteiger partial charge >= 0.3 is 0 Å². The van der Waals surface area contributed by atoms with Crippen LogP contribution in [0.25, 0.3) is 11.4 Å². The second kappa shape index (κ2) is 9.83. The van der Waals surface area contributed by atoms with Crippen molar-refractivity contribution in [2.75, 3.05) is 20.2 Å². The molecule has 10 heteroatoms. The third kappa shape index (κ3) is 5.89. The predicted octanol–water partition coefficient (Wildman–Crippen LogP) is 3.41. The number of nitrogens with zero attached hydrogens (tertiary/aromatic N) is 3. The van der Waals surface area contributed by atoms with Crippen molar-refractivity contribution in [1.29, 1.82) is 0 Å². The maximum Gasteiger partial charge on any atom is 0.246 e. The Morgan fingerprint density at radius 1 is 1.21 bits per heavy atom. The van der Waals surface area contributed by atoms with E-state index in [4.69, 9.17) is 20.9 Å². The second-order valence-corrected chi connectivity index (χ2v) is 6.23. The van der Waals surface area contributed by atoms with E-state index in [1.165, 1.54) is 6.07 Å². The molecule has 0 amide bonds. The smallest absolute Gasteiger partial charge is 0.246 e. The van der Waals surface area contributed by atoms with Crippen LogP contribution in [0.15, 0.2) is 52.0 Å². The zero-order valence-electron chi connectivity index (χ0n) is 15.5. The summed E-state index contributed by atoms with van der Waals surface area (Å²) in [5.41, 5.74) is 0.750. The number of rotatable bonds is 7. The van der Waals surface area contributed by atoms with E-state index >= 15 is 0 Å². The molecule has 0 unspecified atom stereocenters. The summed E-state index contributed by atoms with van der Waals surface area (Å²) in [7, 11) is 1.60. The molecule has 2 N–H and O–H groups in total. The molecule has 0 saturated heterocycles. The van der Waals surface area contributed by atoms with Crippen LogP contribution >= 0.6 is 11.6 Å². The van der Waals surface area contributed by atoms with Gasteiger partial charge in [-0.3, -0.25) is 4.99 Å². The van der Waals surface area contributed by atoms with E-state index in [0.717, 1.165) is 17.7 Å². The van der Waals surface area contributed by atoms with Crippen molar-refractivity contribution in [3.63, 3.8) is 0 Å². The molecule has 7 nitrogen and oxygen atoms in total. The molecule has 0 saturated carbocycles. The van der Waals surface area contributed by atoms with Crippen LogP contribution in [0, 0.1) is 11.6 Å². The summed E-state index contributed by atoms with van der Waals surface area (Å²) in [5, 5.41) is 10.5. The van der Waals surface area contributed by atoms with Gasteiger partial charge in [-0.2, -0.15) is 4.98 Å². The monoisotopic (exact) mass is 421 g/mol. The number of hydrogen-bond acceptors (Lipinski definition) is 5. The van der Waals surface area contributed by atoms with E-state index in [2.05, 4.69) is 25.8 Å². The fourth-order valence-electron chi connectivity index (χ4n) is 2.37. The van der Waals surface area contributed by atoms with E-state index < -0.39 is 11.6 Å². The Morgan fingerprint density at radius 3 is 2.83 bits per heavy atom. The molecule has 2 aromatic carbocycles. The lowest BCUT2D eigenvalue weighted by molar-refractivity contribution is 0.304. The number of hydrogen-bond donors (Lipinski definition) is 2. The summed E-state index contributed by atoms with van der Waals surface area (Å²) in [4.78, 5) is 8.36. The zero-order valence-corrected chi connectivity index (χ0v) is 16.2. The normalized spacial score (nSPS) is 11.4. The molecule has 29 heavy (non-hydrogen) atoms. The quantitative estimate of drug-likeness (QED) is 0.345. The molecule has 0 aliphatic heterocycles. The van der Waals surface area contributed by atoms with Gasteiger partial charge in [0.05, 0.1) is 13.1 Å². The first kappa shape index (κ1) is 20.5. The Kier molecular flexibility index (Phi) is 6.96. The minimum atomic E-state index is -0.751. The van der Waals surface area contributed by atoms with Crippen molar-refractivity contribution in [2.24, 2.45) is 4.99 Å². The van der Waals surface area contributed by atoms with Gasteiger partial charge in [-0.25, -0.2) is 8.78 Å². The zero-order chi connectivity index (χ0) is 20.6. The van der Waals surface area contributed by atoms with Gasteiger partial charge in [0, 0.05) is 23.7 Å². The van der Waals surface area contributed by atoms with Crippen LogP contribution in [0.3, 0.4) is 0 Å². The molecule has 0 aliphatic carbocycles. The molecule has 0 radical (unpaired) electrons. The number of aliphatic imine (C=N–C) groups is 1. The summed E-state index contributed by atoms with van der Waals surface area (Å²) in [6.45, 7) is 0.748. The van der Waals surface area contributed by atoms with Crippen LogP contribution in [0.4, 0.5) is 8.78 Å². The number of halogens is 3. The summed E-state index contributed by atoms with van der Waals surface area (Å²) < 4.78 is 36.9. The lowest BCUT2D eigenvalue weighted by Gasteiger charge is -2.11. The van der Waals surface area contributed by atoms with Gasteiger partial charge in [0.1, 0.15) is 12.4 Å². The fourth-order valence-corrected chi connectivity index (χ4v) is 2.56. The van der Waals surface area contributed by atoms with Gasteiger partial charge in [0.2, 0.25) is 11.7 Å². The first-order chi connectivity index (χ1) is 14.0. The van der Waals surface area contributed by atoms with Crippen LogP contribution in [0.5, 0.6) is 5.75 Å². The molecule has 0 fully saturated rings. The van der Waals surface area contributed by atoms with Crippen molar-refractivity contribution < 1.29 is 18.0 Å². The Balaban J connectivity index is 1.45. The Morgan fingerprint density at radius 2 is 2.07 bits per heavy atom. The summed E-state index contributed by atoms with van der Waals surface area (Å²) >= 11 is 5.97. The lowest BCUT2D eigenvalue weighted by Crippen LogP contribution is -2.39. The molecule has 0 atom stereocenters. The van der Waals surface area contributed by atoms with E-state index in [9.17, 15) is 8.78 Å². The maximum absolute atomic E-state index is 13.5. The Hall–Kier alpha value is -3.20. The highest BCUT2D eigenvalue weighted by atomic mass is 35.5. The number of benzene rings is 2. The minimum absolute atomic E-state index is 0.0180. The van der Waals surface area contributed by atoms with Crippen molar-refractivity contribution in [2.45, 2.75) is 6.54 Å². The van der Waals surface area contributed by atoms with Crippen LogP contribution in [-0.4, -0.2) is 36.3 Å². The minimum Gasteiger partial charge on any atom is -0.489 e. The van der Waals surface area contributed by atoms with Gasteiger partial charge in [-0.15, -0.1) is 0 Å². The third-order valence-corrected chi connectivity index (χ3v) is 3.96. The lowest BCUT2D eigenvalue weighted by atomic mass is 10.2. The van der Waals surface area contributed by atoms with Crippen LogP contribution in [0.2, 0.25) is 5.02 Å². The molecule has 3 aromatic rings. The van der Waals surface area contributed by atoms with Crippen molar-refractivity contribution in [3.8, 4) is 17.1 Å². The molecule has 152 valence electrons. The number of aromatic nitrogens is 2. The molecule has 1 aromatic heterocycles. The molecule has 1 heterocycles.